The lowest BCUT2D eigenvalue weighted by Gasteiger charge is -2.24. The van der Waals surface area contributed by atoms with E-state index in [1.165, 1.54) is 4.88 Å². The Balaban J connectivity index is 0.00000180. The van der Waals surface area contributed by atoms with E-state index in [2.05, 4.69) is 10.3 Å². The van der Waals surface area contributed by atoms with Gasteiger partial charge in [0.1, 0.15) is 0 Å². The summed E-state index contributed by atoms with van der Waals surface area (Å²) in [6.07, 6.45) is 2.94. The summed E-state index contributed by atoms with van der Waals surface area (Å²) < 4.78 is 0. The zero-order valence-electron chi connectivity index (χ0n) is 11.9. The van der Waals surface area contributed by atoms with Crippen molar-refractivity contribution in [1.29, 1.82) is 0 Å². The number of carbonyl (C=O) groups is 1. The number of hydrogen-bond acceptors (Lipinski definition) is 4. The van der Waals surface area contributed by atoms with Gasteiger partial charge in [-0.3, -0.25) is 4.79 Å². The minimum atomic E-state index is 0. The van der Waals surface area contributed by atoms with Crippen LogP contribution in [0.1, 0.15) is 29.8 Å². The van der Waals surface area contributed by atoms with Crippen molar-refractivity contribution in [2.45, 2.75) is 32.7 Å². The highest BCUT2D eigenvalue weighted by molar-refractivity contribution is 7.09. The zero-order chi connectivity index (χ0) is 13.0. The summed E-state index contributed by atoms with van der Waals surface area (Å²) in [6.45, 7) is 4.79. The van der Waals surface area contributed by atoms with Crippen LogP contribution < -0.4 is 5.32 Å². The Kier molecular flexibility index (Phi) is 9.38. The van der Waals surface area contributed by atoms with Crippen molar-refractivity contribution in [3.8, 4) is 0 Å². The molecule has 116 valence electrons. The van der Waals surface area contributed by atoms with Crippen LogP contribution in [0, 0.1) is 12.8 Å². The molecule has 0 unspecified atom stereocenters. The number of thiazole rings is 1. The second-order valence-corrected chi connectivity index (χ2v) is 5.95. The van der Waals surface area contributed by atoms with Crippen LogP contribution in [0.4, 0.5) is 0 Å². The van der Waals surface area contributed by atoms with Gasteiger partial charge in [-0.1, -0.05) is 0 Å². The third-order valence-electron chi connectivity index (χ3n) is 3.57. The number of aromatic nitrogens is 1. The minimum absolute atomic E-state index is 0. The highest BCUT2D eigenvalue weighted by atomic mass is 35.5. The molecule has 1 aliphatic rings. The third kappa shape index (κ3) is 5.56. The van der Waals surface area contributed by atoms with E-state index in [9.17, 15) is 4.79 Å². The normalized spacial score (nSPS) is 15.1. The van der Waals surface area contributed by atoms with Crippen molar-refractivity contribution in [3.63, 3.8) is 0 Å². The summed E-state index contributed by atoms with van der Waals surface area (Å²) in [5.74, 6) is 0.818. The van der Waals surface area contributed by atoms with Crippen molar-refractivity contribution in [2.75, 3.05) is 20.1 Å². The van der Waals surface area contributed by atoms with Crippen molar-refractivity contribution in [2.24, 2.45) is 5.92 Å². The molecule has 1 saturated heterocycles. The fourth-order valence-corrected chi connectivity index (χ4v) is 3.10. The van der Waals surface area contributed by atoms with Gasteiger partial charge in [-0.05, 0) is 38.8 Å². The number of nitrogens with one attached hydrogen (secondary N) is 1. The van der Waals surface area contributed by atoms with E-state index in [1.54, 1.807) is 11.3 Å². The van der Waals surface area contributed by atoms with E-state index in [1.807, 2.05) is 24.4 Å². The molecular weight excluding hydrogens is 317 g/mol. The molecule has 0 aromatic carbocycles. The van der Waals surface area contributed by atoms with Crippen molar-refractivity contribution in [3.05, 3.63) is 16.1 Å². The lowest BCUT2D eigenvalue weighted by molar-refractivity contribution is -0.131. The Labute approximate surface area is 137 Å². The van der Waals surface area contributed by atoms with Crippen LogP contribution in [0.5, 0.6) is 0 Å². The van der Waals surface area contributed by atoms with Gasteiger partial charge in [0, 0.05) is 18.3 Å². The maximum absolute atomic E-state index is 12.1. The number of aryl methyl sites for hydroxylation is 1. The predicted octanol–water partition coefficient (Wildman–Crippen LogP) is 2.64. The molecule has 1 aromatic rings. The maximum atomic E-state index is 12.1. The summed E-state index contributed by atoms with van der Waals surface area (Å²) in [4.78, 5) is 19.4. The summed E-state index contributed by atoms with van der Waals surface area (Å²) >= 11 is 1.63. The first-order chi connectivity index (χ1) is 8.66. The molecule has 4 nitrogen and oxygen atoms in total. The molecule has 0 aliphatic carbocycles. The maximum Gasteiger partial charge on any atom is 0.222 e. The van der Waals surface area contributed by atoms with Gasteiger partial charge in [0.2, 0.25) is 5.91 Å². The van der Waals surface area contributed by atoms with E-state index >= 15 is 0 Å². The Morgan fingerprint density at radius 1 is 1.45 bits per heavy atom. The molecule has 0 radical (unpaired) electrons. The molecule has 1 N–H and O–H groups in total. The highest BCUT2D eigenvalue weighted by Gasteiger charge is 2.19. The Morgan fingerprint density at radius 3 is 2.65 bits per heavy atom. The number of amides is 1. The number of nitrogens with zero attached hydrogens (tertiary/aromatic N) is 2. The standard InChI is InChI=1S/C13H21N3OS.2ClH/c1-10-12(18-9-15-10)8-16(2)13(17)7-11-3-5-14-6-4-11;;/h9,11,14H,3-8H2,1-2H3;2*1H. The smallest absolute Gasteiger partial charge is 0.222 e. The topological polar surface area (TPSA) is 45.2 Å². The molecule has 2 heterocycles. The van der Waals surface area contributed by atoms with E-state index in [0.29, 0.717) is 18.9 Å². The largest absolute Gasteiger partial charge is 0.341 e. The Morgan fingerprint density at radius 2 is 2.10 bits per heavy atom. The zero-order valence-corrected chi connectivity index (χ0v) is 14.4. The lowest BCUT2D eigenvalue weighted by atomic mass is 9.94. The van der Waals surface area contributed by atoms with Crippen LogP contribution in [-0.4, -0.2) is 35.9 Å². The summed E-state index contributed by atoms with van der Waals surface area (Å²) in [5.41, 5.74) is 2.89. The summed E-state index contributed by atoms with van der Waals surface area (Å²) in [5, 5.41) is 3.33. The summed E-state index contributed by atoms with van der Waals surface area (Å²) in [7, 11) is 1.89. The van der Waals surface area contributed by atoms with Gasteiger partial charge < -0.3 is 10.2 Å². The van der Waals surface area contributed by atoms with Crippen LogP contribution >= 0.6 is 36.2 Å². The lowest BCUT2D eigenvalue weighted by Crippen LogP contribution is -2.33. The molecule has 1 fully saturated rings. The van der Waals surface area contributed by atoms with Gasteiger partial charge in [0.15, 0.2) is 0 Å². The first-order valence-corrected chi connectivity index (χ1v) is 7.38. The number of rotatable bonds is 4. The van der Waals surface area contributed by atoms with Gasteiger partial charge in [-0.15, -0.1) is 36.2 Å². The van der Waals surface area contributed by atoms with Crippen molar-refractivity contribution < 1.29 is 4.79 Å². The van der Waals surface area contributed by atoms with Crippen LogP contribution in [-0.2, 0) is 11.3 Å². The fourth-order valence-electron chi connectivity index (χ4n) is 2.27. The first kappa shape index (κ1) is 19.6. The number of hydrogen-bond donors (Lipinski definition) is 1. The molecule has 0 spiro atoms. The van der Waals surface area contributed by atoms with E-state index in [0.717, 1.165) is 31.6 Å². The predicted molar refractivity (Wildman–Crippen MR) is 88.0 cm³/mol. The van der Waals surface area contributed by atoms with Crippen LogP contribution in [0.3, 0.4) is 0 Å². The molecule has 1 aromatic heterocycles. The Bertz CT molecular complexity index is 408. The quantitative estimate of drug-likeness (QED) is 0.917. The van der Waals surface area contributed by atoms with E-state index in [4.69, 9.17) is 0 Å². The van der Waals surface area contributed by atoms with Gasteiger partial charge in [-0.25, -0.2) is 4.98 Å². The minimum Gasteiger partial charge on any atom is -0.341 e. The molecule has 1 amide bonds. The second kappa shape index (κ2) is 9.55. The fraction of sp³-hybridized carbons (Fsp3) is 0.692. The van der Waals surface area contributed by atoms with E-state index in [-0.39, 0.29) is 30.7 Å². The van der Waals surface area contributed by atoms with Crippen molar-refractivity contribution >= 4 is 42.1 Å². The number of carbonyl (C=O) groups excluding carboxylic acids is 1. The molecule has 20 heavy (non-hydrogen) atoms. The van der Waals surface area contributed by atoms with Crippen LogP contribution in [0.2, 0.25) is 0 Å². The third-order valence-corrected chi connectivity index (χ3v) is 4.49. The van der Waals surface area contributed by atoms with Crippen molar-refractivity contribution in [1.82, 2.24) is 15.2 Å². The second-order valence-electron chi connectivity index (χ2n) is 5.01. The average Bonchev–Trinajstić information content (AvgIpc) is 2.76. The molecule has 0 bridgehead atoms. The van der Waals surface area contributed by atoms with Gasteiger partial charge in [0.25, 0.3) is 0 Å². The molecule has 1 aliphatic heterocycles. The van der Waals surface area contributed by atoms with Gasteiger partial charge in [-0.2, -0.15) is 0 Å². The molecule has 0 atom stereocenters. The molecular formula is C13H23Cl2N3OS. The van der Waals surface area contributed by atoms with Gasteiger partial charge in [0.05, 0.1) is 17.7 Å². The Hall–Kier alpha value is -0.360. The van der Waals surface area contributed by atoms with Crippen LogP contribution in [0.25, 0.3) is 0 Å². The first-order valence-electron chi connectivity index (χ1n) is 6.50. The number of piperidine rings is 1. The van der Waals surface area contributed by atoms with Crippen LogP contribution in [0.15, 0.2) is 5.51 Å². The average molecular weight is 340 g/mol. The van der Waals surface area contributed by atoms with E-state index < -0.39 is 0 Å². The highest BCUT2D eigenvalue weighted by Crippen LogP contribution is 2.19. The SMILES string of the molecule is Cc1ncsc1CN(C)C(=O)CC1CCNCC1.Cl.Cl. The molecule has 2 rings (SSSR count). The monoisotopic (exact) mass is 339 g/mol. The number of halogens is 2. The molecule has 7 heteroatoms. The van der Waals surface area contributed by atoms with Gasteiger partial charge >= 0.3 is 0 Å². The summed E-state index contributed by atoms with van der Waals surface area (Å²) in [6, 6.07) is 0. The molecule has 0 saturated carbocycles.